The first-order valence-corrected chi connectivity index (χ1v) is 16.3. The first-order chi connectivity index (χ1) is 21.1. The summed E-state index contributed by atoms with van der Waals surface area (Å²) in [5, 5.41) is 0. The van der Waals surface area contributed by atoms with Gasteiger partial charge < -0.3 is 9.72 Å². The molecule has 1 N–H and O–H groups in total. The molecule has 1 aromatic heterocycles. The van der Waals surface area contributed by atoms with Crippen molar-refractivity contribution in [1.82, 2.24) is 19.8 Å². The minimum atomic E-state index is -0.519. The highest BCUT2D eigenvalue weighted by Crippen LogP contribution is 2.58. The lowest BCUT2D eigenvalue weighted by Gasteiger charge is -2.27. The first-order valence-electron chi connectivity index (χ1n) is 16.3. The zero-order valence-corrected chi connectivity index (χ0v) is 26.4. The third-order valence-corrected chi connectivity index (χ3v) is 10.6. The van der Waals surface area contributed by atoms with Gasteiger partial charge in [-0.15, -0.1) is 0 Å². The van der Waals surface area contributed by atoms with Crippen molar-refractivity contribution < 1.29 is 9.53 Å². The number of allylic oxidation sites excluding steroid dienone is 1. The lowest BCUT2D eigenvalue weighted by atomic mass is 9.94. The van der Waals surface area contributed by atoms with E-state index in [-0.39, 0.29) is 17.6 Å². The lowest BCUT2D eigenvalue weighted by Crippen LogP contribution is -2.37. The van der Waals surface area contributed by atoms with Crippen molar-refractivity contribution in [2.45, 2.75) is 83.4 Å². The van der Waals surface area contributed by atoms with Crippen LogP contribution in [0.2, 0.25) is 0 Å². The molecule has 2 aromatic carbocycles. The van der Waals surface area contributed by atoms with E-state index >= 15 is 0 Å². The quantitative estimate of drug-likeness (QED) is 0.329. The fourth-order valence-electron chi connectivity index (χ4n) is 7.73. The molecule has 5 aliphatic rings. The van der Waals surface area contributed by atoms with Crippen molar-refractivity contribution in [3.05, 3.63) is 72.3 Å². The van der Waals surface area contributed by atoms with Crippen LogP contribution in [0.1, 0.15) is 83.1 Å². The van der Waals surface area contributed by atoms with E-state index < -0.39 is 5.60 Å². The molecule has 7 nitrogen and oxygen atoms in total. The number of amides is 1. The Labute approximate surface area is 260 Å². The van der Waals surface area contributed by atoms with Crippen LogP contribution in [0, 0.1) is 10.8 Å². The number of hydrogen-bond acceptors (Lipinski definition) is 5. The Morgan fingerprint density at radius 2 is 1.45 bits per heavy atom. The minimum absolute atomic E-state index is 0.0794. The third-order valence-electron chi connectivity index (χ3n) is 10.6. The molecule has 4 fully saturated rings. The van der Waals surface area contributed by atoms with Gasteiger partial charge in [-0.1, -0.05) is 48.5 Å². The number of H-pyrrole nitrogens is 1. The fourth-order valence-corrected chi connectivity index (χ4v) is 7.73. The molecule has 0 radical (unpaired) electrons. The van der Waals surface area contributed by atoms with Gasteiger partial charge in [0.15, 0.2) is 0 Å². The van der Waals surface area contributed by atoms with Crippen molar-refractivity contribution in [3.8, 4) is 22.4 Å². The van der Waals surface area contributed by atoms with Gasteiger partial charge in [-0.2, -0.15) is 0 Å². The van der Waals surface area contributed by atoms with Gasteiger partial charge in [0, 0.05) is 37.5 Å². The number of rotatable bonds is 5. The molecule has 0 bridgehead atoms. The normalized spacial score (nSPS) is 25.0. The Kier molecular flexibility index (Phi) is 6.26. The Hall–Kier alpha value is -3.71. The number of likely N-dealkylation sites (tertiary alicyclic amines) is 2. The summed E-state index contributed by atoms with van der Waals surface area (Å²) in [6.07, 6.45) is 12.0. The van der Waals surface area contributed by atoms with E-state index in [1.54, 1.807) is 0 Å². The van der Waals surface area contributed by atoms with Gasteiger partial charge >= 0.3 is 6.09 Å². The fraction of sp³-hybridized carbons (Fsp3) is 0.486. The molecule has 0 unspecified atom stereocenters. The summed E-state index contributed by atoms with van der Waals surface area (Å²) in [6, 6.07) is 18.0. The molecular formula is C37H43N5O2. The van der Waals surface area contributed by atoms with E-state index in [1.807, 2.05) is 31.9 Å². The SMILES string of the molecule is CN1CC2(CC2)C[C@H]1C1=NC=C(c2ccc(-c3ccc(-c4cnc([C@@H]5CC6(CC6)CN5C(=O)OC(C)(C)C)[nH]4)cc3)cc2)C1. The average molecular weight is 590 g/mol. The van der Waals surface area contributed by atoms with Gasteiger partial charge in [0.1, 0.15) is 11.4 Å². The van der Waals surface area contributed by atoms with E-state index in [0.29, 0.717) is 11.5 Å². The van der Waals surface area contributed by atoms with Crippen molar-refractivity contribution >= 4 is 17.4 Å². The summed E-state index contributed by atoms with van der Waals surface area (Å²) in [5.41, 5.74) is 8.66. The van der Waals surface area contributed by atoms with E-state index in [2.05, 4.69) is 71.7 Å². The first kappa shape index (κ1) is 27.8. The van der Waals surface area contributed by atoms with Crippen LogP contribution in [0.4, 0.5) is 4.79 Å². The maximum absolute atomic E-state index is 13.1. The summed E-state index contributed by atoms with van der Waals surface area (Å²) >= 11 is 0. The molecule has 228 valence electrons. The second-order valence-corrected chi connectivity index (χ2v) is 15.3. The third kappa shape index (κ3) is 5.19. The topological polar surface area (TPSA) is 73.8 Å². The van der Waals surface area contributed by atoms with Crippen LogP contribution < -0.4 is 0 Å². The molecular weight excluding hydrogens is 546 g/mol. The molecule has 44 heavy (non-hydrogen) atoms. The van der Waals surface area contributed by atoms with Gasteiger partial charge in [0.25, 0.3) is 0 Å². The number of benzene rings is 2. The minimum Gasteiger partial charge on any atom is -0.444 e. The highest BCUT2D eigenvalue weighted by molar-refractivity contribution is 6.01. The number of aromatic nitrogens is 2. The second kappa shape index (κ2) is 9.90. The molecule has 8 rings (SSSR count). The van der Waals surface area contributed by atoms with Gasteiger partial charge in [-0.25, -0.2) is 9.78 Å². The van der Waals surface area contributed by atoms with Crippen LogP contribution in [-0.2, 0) is 4.74 Å². The van der Waals surface area contributed by atoms with Gasteiger partial charge in [0.05, 0.1) is 17.9 Å². The summed E-state index contributed by atoms with van der Waals surface area (Å²) < 4.78 is 5.75. The molecule has 4 heterocycles. The second-order valence-electron chi connectivity index (χ2n) is 15.3. The molecule has 2 spiro atoms. The number of nitrogens with one attached hydrogen (secondary N) is 1. The maximum Gasteiger partial charge on any atom is 0.410 e. The molecule has 2 atom stereocenters. The maximum atomic E-state index is 13.1. The predicted octanol–water partition coefficient (Wildman–Crippen LogP) is 7.88. The number of nitrogens with zero attached hydrogens (tertiary/aromatic N) is 4. The van der Waals surface area contributed by atoms with E-state index in [9.17, 15) is 4.79 Å². The molecule has 1 amide bonds. The Balaban J connectivity index is 0.928. The lowest BCUT2D eigenvalue weighted by molar-refractivity contribution is 0.0212. The van der Waals surface area contributed by atoms with Crippen LogP contribution >= 0.6 is 0 Å². The molecule has 2 aliphatic carbocycles. The molecule has 7 heteroatoms. The van der Waals surface area contributed by atoms with Gasteiger partial charge in [-0.05, 0) is 105 Å². The average Bonchev–Trinajstić information content (AvgIpc) is 3.60. The summed E-state index contributed by atoms with van der Waals surface area (Å²) in [6.45, 7) is 7.74. The zero-order valence-electron chi connectivity index (χ0n) is 26.4. The number of hydrogen-bond donors (Lipinski definition) is 1. The largest absolute Gasteiger partial charge is 0.444 e. The Morgan fingerprint density at radius 1 is 0.864 bits per heavy atom. The molecule has 2 saturated carbocycles. The molecule has 2 saturated heterocycles. The van der Waals surface area contributed by atoms with Crippen LogP contribution in [0.3, 0.4) is 0 Å². The number of aliphatic imine (C=N–C) groups is 1. The number of aromatic amines is 1. The number of carbonyl (C=O) groups is 1. The standard InChI is InChI=1S/C37H43N5O2/c1-35(2,3)44-34(43)42-23-37(15-16-37)19-32(42)33-39-21-30(40-33)27-11-9-25(10-12-27)24-5-7-26(8-6-24)28-17-29(38-20-28)31-18-36(13-14-36)22-41(31)4/h5-12,20-21,31-32H,13-19,22-23H2,1-4H3,(H,39,40)/t31-,32-/m0/s1. The summed E-state index contributed by atoms with van der Waals surface area (Å²) in [5.74, 6) is 0.842. The van der Waals surface area contributed by atoms with Crippen LogP contribution in [0.5, 0.6) is 0 Å². The predicted molar refractivity (Wildman–Crippen MR) is 174 cm³/mol. The summed E-state index contributed by atoms with van der Waals surface area (Å²) in [7, 11) is 2.27. The smallest absolute Gasteiger partial charge is 0.410 e. The van der Waals surface area contributed by atoms with Crippen LogP contribution in [0.15, 0.2) is 65.9 Å². The van der Waals surface area contributed by atoms with Crippen molar-refractivity contribution in [3.63, 3.8) is 0 Å². The molecule has 3 aliphatic heterocycles. The Bertz CT molecular complexity index is 1650. The summed E-state index contributed by atoms with van der Waals surface area (Å²) in [4.78, 5) is 30.6. The van der Waals surface area contributed by atoms with Crippen molar-refractivity contribution in [2.75, 3.05) is 20.1 Å². The highest BCUT2D eigenvalue weighted by Gasteiger charge is 2.55. The zero-order chi connectivity index (χ0) is 30.3. The van der Waals surface area contributed by atoms with Crippen LogP contribution in [0.25, 0.3) is 28.0 Å². The number of imidazole rings is 1. The van der Waals surface area contributed by atoms with E-state index in [1.165, 1.54) is 66.6 Å². The van der Waals surface area contributed by atoms with Crippen LogP contribution in [-0.4, -0.2) is 63.4 Å². The number of carbonyl (C=O) groups excluding carboxylic acids is 1. The highest BCUT2D eigenvalue weighted by atomic mass is 16.6. The Morgan fingerprint density at radius 3 is 2.07 bits per heavy atom. The monoisotopic (exact) mass is 589 g/mol. The molecule has 3 aromatic rings. The van der Waals surface area contributed by atoms with E-state index in [0.717, 1.165) is 36.5 Å². The number of ether oxygens (including phenoxy) is 1. The van der Waals surface area contributed by atoms with E-state index in [4.69, 9.17) is 14.7 Å². The van der Waals surface area contributed by atoms with Crippen molar-refractivity contribution in [1.29, 1.82) is 0 Å². The van der Waals surface area contributed by atoms with Gasteiger partial charge in [-0.3, -0.25) is 14.8 Å². The van der Waals surface area contributed by atoms with Gasteiger partial charge in [0.2, 0.25) is 0 Å². The van der Waals surface area contributed by atoms with Crippen molar-refractivity contribution in [2.24, 2.45) is 15.8 Å².